The number of benzene rings is 1. The van der Waals surface area contributed by atoms with E-state index in [1.807, 2.05) is 0 Å². The maximum atomic E-state index is 11.9. The molecule has 1 heterocycles. The lowest BCUT2D eigenvalue weighted by atomic mass is 10.2. The molecule has 0 aliphatic heterocycles. The lowest BCUT2D eigenvalue weighted by Crippen LogP contribution is -2.44. The number of hydrogen-bond acceptors (Lipinski definition) is 8. The second-order valence-electron chi connectivity index (χ2n) is 5.15. The van der Waals surface area contributed by atoms with Crippen molar-refractivity contribution in [1.82, 2.24) is 15.8 Å². The molecule has 0 saturated carbocycles. The van der Waals surface area contributed by atoms with Gasteiger partial charge in [0.25, 0.3) is 11.6 Å². The predicted octanol–water partition coefficient (Wildman–Crippen LogP) is 1.56. The molecule has 0 aliphatic carbocycles. The molecule has 10 nitrogen and oxygen atoms in total. The van der Waals surface area contributed by atoms with Crippen LogP contribution in [0.25, 0.3) is 0 Å². The van der Waals surface area contributed by atoms with Crippen LogP contribution in [0.4, 0.5) is 5.69 Å². The van der Waals surface area contributed by atoms with Crippen LogP contribution in [0.2, 0.25) is 5.02 Å². The van der Waals surface area contributed by atoms with Gasteiger partial charge in [0.2, 0.25) is 5.91 Å². The van der Waals surface area contributed by atoms with Crippen molar-refractivity contribution in [3.05, 3.63) is 55.0 Å². The third-order valence-corrected chi connectivity index (χ3v) is 4.23. The number of rotatable bonds is 6. The molecule has 2 rings (SSSR count). The molecule has 0 bridgehead atoms. The molecule has 0 fully saturated rings. The Morgan fingerprint density at radius 1 is 1.30 bits per heavy atom. The number of nitrogens with zero attached hydrogens (tertiary/aromatic N) is 2. The van der Waals surface area contributed by atoms with Gasteiger partial charge >= 0.3 is 5.97 Å². The first kappa shape index (κ1) is 20.3. The molecule has 2 amide bonds. The van der Waals surface area contributed by atoms with Gasteiger partial charge in [-0.2, -0.15) is 0 Å². The van der Waals surface area contributed by atoms with Gasteiger partial charge in [-0.3, -0.25) is 30.6 Å². The van der Waals surface area contributed by atoms with Crippen LogP contribution in [0.1, 0.15) is 21.1 Å². The molecule has 0 unspecified atom stereocenters. The minimum atomic E-state index is -1.07. The van der Waals surface area contributed by atoms with Crippen molar-refractivity contribution in [2.75, 3.05) is 6.61 Å². The van der Waals surface area contributed by atoms with Crippen molar-refractivity contribution in [3.63, 3.8) is 0 Å². The zero-order valence-corrected chi connectivity index (χ0v) is 15.4. The fourth-order valence-corrected chi connectivity index (χ4v) is 2.82. The normalized spacial score (nSPS) is 10.1. The van der Waals surface area contributed by atoms with Gasteiger partial charge in [-0.05, 0) is 19.1 Å². The largest absolute Gasteiger partial charge is 0.452 e. The molecule has 12 heteroatoms. The smallest absolute Gasteiger partial charge is 0.345 e. The standard InChI is InChI=1S/C15H13ClN4O6S/c1-8-7-27-14(17-8)5-12(21)18-19-13(22)6-26-15(23)10-3-2-9(16)4-11(10)20(24)25/h2-4,7H,5-6H2,1H3,(H,18,21)(H,19,22). The molecule has 142 valence electrons. The summed E-state index contributed by atoms with van der Waals surface area (Å²) in [6, 6.07) is 3.41. The van der Waals surface area contributed by atoms with Crippen molar-refractivity contribution in [1.29, 1.82) is 0 Å². The van der Waals surface area contributed by atoms with E-state index in [0.29, 0.717) is 5.01 Å². The summed E-state index contributed by atoms with van der Waals surface area (Å²) in [5, 5.41) is 13.4. The first-order valence-electron chi connectivity index (χ1n) is 7.36. The fraction of sp³-hybridized carbons (Fsp3) is 0.200. The van der Waals surface area contributed by atoms with Crippen LogP contribution >= 0.6 is 22.9 Å². The third-order valence-electron chi connectivity index (χ3n) is 3.03. The van der Waals surface area contributed by atoms with E-state index in [1.54, 1.807) is 12.3 Å². The second-order valence-corrected chi connectivity index (χ2v) is 6.53. The van der Waals surface area contributed by atoms with Gasteiger partial charge < -0.3 is 4.74 Å². The Morgan fingerprint density at radius 3 is 2.63 bits per heavy atom. The highest BCUT2D eigenvalue weighted by Crippen LogP contribution is 2.23. The summed E-state index contributed by atoms with van der Waals surface area (Å²) < 4.78 is 4.71. The van der Waals surface area contributed by atoms with Crippen molar-refractivity contribution < 1.29 is 24.0 Å². The van der Waals surface area contributed by atoms with Crippen molar-refractivity contribution in [2.45, 2.75) is 13.3 Å². The highest BCUT2D eigenvalue weighted by molar-refractivity contribution is 7.09. The number of esters is 1. The number of thiazole rings is 1. The molecule has 27 heavy (non-hydrogen) atoms. The topological polar surface area (TPSA) is 141 Å². The van der Waals surface area contributed by atoms with Gasteiger partial charge in [-0.25, -0.2) is 9.78 Å². The molecular formula is C15H13ClN4O6S. The van der Waals surface area contributed by atoms with Crippen LogP contribution in [-0.4, -0.2) is 34.3 Å². The quantitative estimate of drug-likeness (QED) is 0.416. The summed E-state index contributed by atoms with van der Waals surface area (Å²) in [4.78, 5) is 49.5. The first-order chi connectivity index (χ1) is 12.8. The number of aryl methyl sites for hydroxylation is 1. The van der Waals surface area contributed by atoms with Gasteiger partial charge in [0.15, 0.2) is 6.61 Å². The van der Waals surface area contributed by atoms with Gasteiger partial charge in [0.05, 0.1) is 11.3 Å². The molecule has 0 spiro atoms. The van der Waals surface area contributed by atoms with E-state index in [0.717, 1.165) is 17.8 Å². The van der Waals surface area contributed by atoms with E-state index >= 15 is 0 Å². The number of hydrazine groups is 1. The highest BCUT2D eigenvalue weighted by Gasteiger charge is 2.22. The zero-order valence-electron chi connectivity index (χ0n) is 13.9. The number of nitro benzene ring substituents is 1. The minimum absolute atomic E-state index is 0.0183. The Bertz CT molecular complexity index is 900. The number of amides is 2. The van der Waals surface area contributed by atoms with Crippen LogP contribution in [0.3, 0.4) is 0 Å². The number of carbonyl (C=O) groups is 3. The Kier molecular flexibility index (Phi) is 6.79. The van der Waals surface area contributed by atoms with Gasteiger partial charge in [0.1, 0.15) is 10.6 Å². The summed E-state index contributed by atoms with van der Waals surface area (Å²) in [5.41, 5.74) is 4.12. The average Bonchev–Trinajstić information content (AvgIpc) is 3.02. The number of carbonyl (C=O) groups excluding carboxylic acids is 3. The van der Waals surface area contributed by atoms with E-state index in [1.165, 1.54) is 17.4 Å². The summed E-state index contributed by atoms with van der Waals surface area (Å²) in [7, 11) is 0. The monoisotopic (exact) mass is 412 g/mol. The van der Waals surface area contributed by atoms with E-state index in [-0.39, 0.29) is 17.0 Å². The van der Waals surface area contributed by atoms with Crippen LogP contribution in [-0.2, 0) is 20.7 Å². The Morgan fingerprint density at radius 2 is 2.00 bits per heavy atom. The lowest BCUT2D eigenvalue weighted by molar-refractivity contribution is -0.385. The Balaban J connectivity index is 1.82. The molecule has 0 atom stereocenters. The lowest BCUT2D eigenvalue weighted by Gasteiger charge is -2.08. The molecule has 2 aromatic rings. The van der Waals surface area contributed by atoms with Gasteiger partial charge in [-0.1, -0.05) is 11.6 Å². The van der Waals surface area contributed by atoms with E-state index in [2.05, 4.69) is 15.8 Å². The molecular weight excluding hydrogens is 400 g/mol. The van der Waals surface area contributed by atoms with Crippen molar-refractivity contribution in [3.8, 4) is 0 Å². The van der Waals surface area contributed by atoms with Crippen LogP contribution < -0.4 is 10.9 Å². The number of aromatic nitrogens is 1. The molecule has 0 aliphatic rings. The average molecular weight is 413 g/mol. The molecule has 0 saturated heterocycles. The summed E-state index contributed by atoms with van der Waals surface area (Å²) in [6.45, 7) is 1.05. The first-order valence-corrected chi connectivity index (χ1v) is 8.61. The maximum Gasteiger partial charge on any atom is 0.345 e. The number of nitrogens with one attached hydrogen (secondary N) is 2. The van der Waals surface area contributed by atoms with Crippen molar-refractivity contribution >= 4 is 46.4 Å². The number of halogens is 1. The predicted molar refractivity (Wildman–Crippen MR) is 95.2 cm³/mol. The Hall–Kier alpha value is -3.05. The fourth-order valence-electron chi connectivity index (χ4n) is 1.88. The minimum Gasteiger partial charge on any atom is -0.452 e. The molecule has 2 N–H and O–H groups in total. The number of ether oxygens (including phenoxy) is 1. The van der Waals surface area contributed by atoms with Gasteiger partial charge in [-0.15, -0.1) is 11.3 Å². The summed E-state index contributed by atoms with van der Waals surface area (Å²) in [5.74, 6) is -2.39. The maximum absolute atomic E-state index is 11.9. The molecule has 0 radical (unpaired) electrons. The molecule has 1 aromatic heterocycles. The van der Waals surface area contributed by atoms with Crippen LogP contribution in [0.5, 0.6) is 0 Å². The van der Waals surface area contributed by atoms with Gasteiger partial charge in [0, 0.05) is 22.2 Å². The van der Waals surface area contributed by atoms with E-state index in [9.17, 15) is 24.5 Å². The molecule has 1 aromatic carbocycles. The van der Waals surface area contributed by atoms with E-state index in [4.69, 9.17) is 16.3 Å². The highest BCUT2D eigenvalue weighted by atomic mass is 35.5. The third kappa shape index (κ3) is 6.01. The summed E-state index contributed by atoms with van der Waals surface area (Å²) >= 11 is 6.97. The SMILES string of the molecule is Cc1csc(CC(=O)NNC(=O)COC(=O)c2ccc(Cl)cc2[N+](=O)[O-])n1. The van der Waals surface area contributed by atoms with Crippen LogP contribution in [0.15, 0.2) is 23.6 Å². The van der Waals surface area contributed by atoms with Crippen molar-refractivity contribution in [2.24, 2.45) is 0 Å². The summed E-state index contributed by atoms with van der Waals surface area (Å²) in [6.07, 6.45) is -0.0183. The number of hydrogen-bond donors (Lipinski definition) is 2. The van der Waals surface area contributed by atoms with Crippen LogP contribution in [0, 0.1) is 17.0 Å². The Labute approximate surface area is 161 Å². The number of nitro groups is 1. The van der Waals surface area contributed by atoms with E-state index < -0.39 is 35.0 Å². The zero-order chi connectivity index (χ0) is 20.0. The second kappa shape index (κ2) is 9.05.